The van der Waals surface area contributed by atoms with Crippen LogP contribution in [0.1, 0.15) is 38.1 Å². The van der Waals surface area contributed by atoms with Crippen LogP contribution in [0.4, 0.5) is 0 Å². The summed E-state index contributed by atoms with van der Waals surface area (Å²) < 4.78 is 0. The molecule has 0 saturated heterocycles. The lowest BCUT2D eigenvalue weighted by atomic mass is 10.0. The van der Waals surface area contributed by atoms with Crippen LogP contribution in [0.25, 0.3) is 11.3 Å². The molecule has 0 fully saturated rings. The van der Waals surface area contributed by atoms with E-state index in [1.54, 1.807) is 0 Å². The lowest BCUT2D eigenvalue weighted by molar-refractivity contribution is 0.647. The van der Waals surface area contributed by atoms with Gasteiger partial charge in [0.15, 0.2) is 0 Å². The number of hydrogen-bond donors (Lipinski definition) is 1. The molecule has 1 aromatic heterocycles. The van der Waals surface area contributed by atoms with E-state index in [0.29, 0.717) is 12.5 Å². The summed E-state index contributed by atoms with van der Waals surface area (Å²) in [6.45, 7) is 7.08. The SMILES string of the molecule is CC(C)Cc1ccc(-c2ccnc(C(C)CN)n2)cc1. The molecule has 1 heterocycles. The Morgan fingerprint density at radius 2 is 1.75 bits per heavy atom. The van der Waals surface area contributed by atoms with E-state index in [-0.39, 0.29) is 5.92 Å². The minimum Gasteiger partial charge on any atom is -0.330 e. The van der Waals surface area contributed by atoms with Crippen LogP contribution in [-0.2, 0) is 6.42 Å². The quantitative estimate of drug-likeness (QED) is 0.905. The van der Waals surface area contributed by atoms with E-state index in [1.807, 2.05) is 19.2 Å². The number of rotatable bonds is 5. The zero-order valence-electron chi connectivity index (χ0n) is 12.5. The molecule has 2 aromatic rings. The van der Waals surface area contributed by atoms with Gasteiger partial charge in [-0.1, -0.05) is 45.0 Å². The first kappa shape index (κ1) is 14.7. The first-order chi connectivity index (χ1) is 9.60. The summed E-state index contributed by atoms with van der Waals surface area (Å²) >= 11 is 0. The van der Waals surface area contributed by atoms with E-state index in [9.17, 15) is 0 Å². The van der Waals surface area contributed by atoms with Gasteiger partial charge in [0, 0.05) is 24.2 Å². The summed E-state index contributed by atoms with van der Waals surface area (Å²) in [6, 6.07) is 10.6. The van der Waals surface area contributed by atoms with E-state index >= 15 is 0 Å². The van der Waals surface area contributed by atoms with Crippen molar-refractivity contribution in [2.45, 2.75) is 33.1 Å². The third-order valence-corrected chi connectivity index (χ3v) is 3.36. The second kappa shape index (κ2) is 6.62. The predicted octanol–water partition coefficient (Wildman–Crippen LogP) is 3.40. The Bertz CT molecular complexity index is 546. The molecule has 0 spiro atoms. The fourth-order valence-electron chi connectivity index (χ4n) is 2.16. The van der Waals surface area contributed by atoms with Gasteiger partial charge < -0.3 is 5.73 Å². The van der Waals surface area contributed by atoms with Crippen molar-refractivity contribution in [3.8, 4) is 11.3 Å². The van der Waals surface area contributed by atoms with Crippen molar-refractivity contribution in [2.75, 3.05) is 6.54 Å². The highest BCUT2D eigenvalue weighted by Crippen LogP contribution is 2.20. The Labute approximate surface area is 121 Å². The lowest BCUT2D eigenvalue weighted by Crippen LogP contribution is -2.12. The van der Waals surface area contributed by atoms with Crippen LogP contribution in [0.15, 0.2) is 36.5 Å². The molecule has 2 rings (SSSR count). The number of benzene rings is 1. The molecule has 0 radical (unpaired) electrons. The van der Waals surface area contributed by atoms with Gasteiger partial charge in [-0.3, -0.25) is 0 Å². The summed E-state index contributed by atoms with van der Waals surface area (Å²) in [5.41, 5.74) is 9.14. The molecule has 1 aromatic carbocycles. The summed E-state index contributed by atoms with van der Waals surface area (Å²) in [4.78, 5) is 8.91. The highest BCUT2D eigenvalue weighted by atomic mass is 14.9. The molecule has 0 aliphatic rings. The zero-order valence-corrected chi connectivity index (χ0v) is 12.5. The Morgan fingerprint density at radius 3 is 2.35 bits per heavy atom. The highest BCUT2D eigenvalue weighted by Gasteiger charge is 2.08. The van der Waals surface area contributed by atoms with Crippen molar-refractivity contribution in [1.82, 2.24) is 9.97 Å². The molecule has 3 heteroatoms. The molecule has 20 heavy (non-hydrogen) atoms. The van der Waals surface area contributed by atoms with Crippen LogP contribution in [0.3, 0.4) is 0 Å². The van der Waals surface area contributed by atoms with E-state index in [1.165, 1.54) is 5.56 Å². The first-order valence-corrected chi connectivity index (χ1v) is 7.22. The zero-order chi connectivity index (χ0) is 14.5. The Hall–Kier alpha value is -1.74. The normalized spacial score (nSPS) is 12.7. The Kier molecular flexibility index (Phi) is 4.85. The second-order valence-corrected chi connectivity index (χ2v) is 5.73. The molecular weight excluding hydrogens is 246 g/mol. The van der Waals surface area contributed by atoms with Gasteiger partial charge in [0.2, 0.25) is 0 Å². The molecule has 2 N–H and O–H groups in total. The molecule has 106 valence electrons. The molecule has 3 nitrogen and oxygen atoms in total. The van der Waals surface area contributed by atoms with Gasteiger partial charge in [-0.2, -0.15) is 0 Å². The highest BCUT2D eigenvalue weighted by molar-refractivity contribution is 5.59. The summed E-state index contributed by atoms with van der Waals surface area (Å²) in [6.07, 6.45) is 2.92. The first-order valence-electron chi connectivity index (χ1n) is 7.22. The van der Waals surface area contributed by atoms with Crippen molar-refractivity contribution < 1.29 is 0 Å². The van der Waals surface area contributed by atoms with Gasteiger partial charge >= 0.3 is 0 Å². The van der Waals surface area contributed by atoms with Crippen molar-refractivity contribution in [1.29, 1.82) is 0 Å². The summed E-state index contributed by atoms with van der Waals surface area (Å²) in [5, 5.41) is 0. The largest absolute Gasteiger partial charge is 0.330 e. The second-order valence-electron chi connectivity index (χ2n) is 5.73. The van der Waals surface area contributed by atoms with Gasteiger partial charge in [-0.05, 0) is 24.0 Å². The third-order valence-electron chi connectivity index (χ3n) is 3.36. The van der Waals surface area contributed by atoms with Crippen LogP contribution in [0.2, 0.25) is 0 Å². The number of aromatic nitrogens is 2. The number of nitrogens with zero attached hydrogens (tertiary/aromatic N) is 2. The maximum Gasteiger partial charge on any atom is 0.133 e. The minimum atomic E-state index is 0.190. The van der Waals surface area contributed by atoms with Crippen molar-refractivity contribution in [3.05, 3.63) is 47.9 Å². The average Bonchev–Trinajstić information content (AvgIpc) is 2.47. The smallest absolute Gasteiger partial charge is 0.133 e. The van der Waals surface area contributed by atoms with Crippen molar-refractivity contribution in [2.24, 2.45) is 11.7 Å². The van der Waals surface area contributed by atoms with E-state index < -0.39 is 0 Å². The fraction of sp³-hybridized carbons (Fsp3) is 0.412. The van der Waals surface area contributed by atoms with Crippen LogP contribution in [0.5, 0.6) is 0 Å². The predicted molar refractivity (Wildman–Crippen MR) is 83.5 cm³/mol. The molecule has 0 amide bonds. The summed E-state index contributed by atoms with van der Waals surface area (Å²) in [5.74, 6) is 1.68. The number of hydrogen-bond acceptors (Lipinski definition) is 3. The van der Waals surface area contributed by atoms with Gasteiger partial charge in [0.05, 0.1) is 5.69 Å². The van der Waals surface area contributed by atoms with Crippen LogP contribution < -0.4 is 5.73 Å². The number of nitrogens with two attached hydrogens (primary N) is 1. The van der Waals surface area contributed by atoms with E-state index in [4.69, 9.17) is 5.73 Å². The maximum absolute atomic E-state index is 5.68. The van der Waals surface area contributed by atoms with Crippen LogP contribution in [0, 0.1) is 5.92 Å². The van der Waals surface area contributed by atoms with Crippen molar-refractivity contribution in [3.63, 3.8) is 0 Å². The van der Waals surface area contributed by atoms with Crippen molar-refractivity contribution >= 4 is 0 Å². The van der Waals surface area contributed by atoms with Gasteiger partial charge in [-0.15, -0.1) is 0 Å². The Balaban J connectivity index is 2.23. The summed E-state index contributed by atoms with van der Waals surface area (Å²) in [7, 11) is 0. The molecule has 0 saturated carbocycles. The van der Waals surface area contributed by atoms with Crippen LogP contribution in [-0.4, -0.2) is 16.5 Å². The minimum absolute atomic E-state index is 0.190. The standard InChI is InChI=1S/C17H23N3/c1-12(2)10-14-4-6-15(7-5-14)16-8-9-19-17(20-16)13(3)11-18/h4-9,12-13H,10-11,18H2,1-3H3. The van der Waals surface area contributed by atoms with Gasteiger partial charge in [-0.25, -0.2) is 9.97 Å². The van der Waals surface area contributed by atoms with Crippen LogP contribution >= 0.6 is 0 Å². The molecule has 0 aliphatic heterocycles. The van der Waals surface area contributed by atoms with E-state index in [2.05, 4.69) is 48.1 Å². The molecule has 1 atom stereocenters. The monoisotopic (exact) mass is 269 g/mol. The third kappa shape index (κ3) is 3.64. The maximum atomic E-state index is 5.68. The molecule has 0 bridgehead atoms. The topological polar surface area (TPSA) is 51.8 Å². The lowest BCUT2D eigenvalue weighted by Gasteiger charge is -2.09. The molecule has 0 aliphatic carbocycles. The molecular formula is C17H23N3. The van der Waals surface area contributed by atoms with E-state index in [0.717, 1.165) is 23.5 Å². The average molecular weight is 269 g/mol. The fourth-order valence-corrected chi connectivity index (χ4v) is 2.16. The van der Waals surface area contributed by atoms with Gasteiger partial charge in [0.25, 0.3) is 0 Å². The Morgan fingerprint density at radius 1 is 1.05 bits per heavy atom. The molecule has 1 unspecified atom stereocenters. The van der Waals surface area contributed by atoms with Gasteiger partial charge in [0.1, 0.15) is 5.82 Å².